The van der Waals surface area contributed by atoms with Crippen LogP contribution in [0.2, 0.25) is 0 Å². The van der Waals surface area contributed by atoms with Crippen LogP contribution in [0.25, 0.3) is 0 Å². The van der Waals surface area contributed by atoms with Gasteiger partial charge in [0.05, 0.1) is 12.4 Å². The summed E-state index contributed by atoms with van der Waals surface area (Å²) in [7, 11) is 0. The molecule has 0 spiro atoms. The average molecular weight is 224 g/mol. The number of furan rings is 1. The minimum Gasteiger partial charge on any atom is -0.459 e. The van der Waals surface area contributed by atoms with Crippen LogP contribution in [0.3, 0.4) is 0 Å². The molecule has 1 aromatic heterocycles. The molecule has 1 aromatic rings. The molecule has 2 unspecified atom stereocenters. The molecule has 1 aliphatic rings. The summed E-state index contributed by atoms with van der Waals surface area (Å²) in [5, 5.41) is 9.43. The number of amides is 2. The van der Waals surface area contributed by atoms with Crippen molar-refractivity contribution in [1.82, 2.24) is 4.90 Å². The van der Waals surface area contributed by atoms with Gasteiger partial charge in [-0.3, -0.25) is 9.59 Å². The van der Waals surface area contributed by atoms with Gasteiger partial charge in [-0.15, -0.1) is 0 Å². The van der Waals surface area contributed by atoms with Crippen molar-refractivity contribution in [3.63, 3.8) is 0 Å². The highest BCUT2D eigenvalue weighted by molar-refractivity contribution is 5.95. The van der Waals surface area contributed by atoms with Crippen molar-refractivity contribution >= 4 is 11.8 Å². The van der Waals surface area contributed by atoms with E-state index in [0.717, 1.165) is 0 Å². The van der Waals surface area contributed by atoms with Crippen LogP contribution in [0.1, 0.15) is 17.0 Å². The van der Waals surface area contributed by atoms with Crippen LogP contribution in [0.4, 0.5) is 0 Å². The Morgan fingerprint density at radius 1 is 1.56 bits per heavy atom. The molecule has 2 atom stereocenters. The highest BCUT2D eigenvalue weighted by atomic mass is 16.3. The van der Waals surface area contributed by atoms with E-state index >= 15 is 0 Å². The van der Waals surface area contributed by atoms with Crippen LogP contribution in [0.15, 0.2) is 22.8 Å². The first-order valence-corrected chi connectivity index (χ1v) is 4.91. The van der Waals surface area contributed by atoms with Crippen LogP contribution < -0.4 is 5.73 Å². The molecular formula is C10H12N2O4. The number of aliphatic hydroxyl groups excluding tert-OH is 1. The summed E-state index contributed by atoms with van der Waals surface area (Å²) >= 11 is 0. The van der Waals surface area contributed by atoms with E-state index in [1.54, 1.807) is 6.07 Å². The number of rotatable bonds is 2. The maximum Gasteiger partial charge on any atom is 0.290 e. The summed E-state index contributed by atoms with van der Waals surface area (Å²) < 4.78 is 4.95. The minimum atomic E-state index is -0.757. The van der Waals surface area contributed by atoms with Gasteiger partial charge in [-0.2, -0.15) is 0 Å². The van der Waals surface area contributed by atoms with E-state index in [4.69, 9.17) is 10.2 Å². The van der Waals surface area contributed by atoms with Crippen molar-refractivity contribution in [3.05, 3.63) is 24.2 Å². The van der Waals surface area contributed by atoms with E-state index < -0.39 is 24.0 Å². The quantitative estimate of drug-likeness (QED) is 0.696. The third-order valence-electron chi connectivity index (χ3n) is 2.60. The summed E-state index contributed by atoms with van der Waals surface area (Å²) in [5.41, 5.74) is 5.17. The van der Waals surface area contributed by atoms with Crippen LogP contribution in [0.5, 0.6) is 0 Å². The van der Waals surface area contributed by atoms with Gasteiger partial charge in [0.25, 0.3) is 5.91 Å². The lowest BCUT2D eigenvalue weighted by Crippen LogP contribution is -2.43. The van der Waals surface area contributed by atoms with Gasteiger partial charge >= 0.3 is 0 Å². The average Bonchev–Trinajstić information content (AvgIpc) is 2.84. The third-order valence-corrected chi connectivity index (χ3v) is 2.60. The highest BCUT2D eigenvalue weighted by Crippen LogP contribution is 2.20. The first-order chi connectivity index (χ1) is 7.59. The molecule has 1 aliphatic heterocycles. The molecule has 1 saturated heterocycles. The van der Waals surface area contributed by atoms with Gasteiger partial charge in [-0.05, 0) is 12.1 Å². The van der Waals surface area contributed by atoms with Gasteiger partial charge in [0.2, 0.25) is 5.91 Å². The lowest BCUT2D eigenvalue weighted by atomic mass is 10.2. The summed E-state index contributed by atoms with van der Waals surface area (Å²) in [6.45, 7) is 0.104. The maximum atomic E-state index is 11.9. The Hall–Kier alpha value is -1.82. The van der Waals surface area contributed by atoms with Gasteiger partial charge < -0.3 is 20.2 Å². The zero-order valence-corrected chi connectivity index (χ0v) is 8.50. The van der Waals surface area contributed by atoms with Crippen molar-refractivity contribution in [3.8, 4) is 0 Å². The van der Waals surface area contributed by atoms with Gasteiger partial charge in [-0.1, -0.05) is 0 Å². The predicted molar refractivity (Wildman–Crippen MR) is 53.4 cm³/mol. The van der Waals surface area contributed by atoms with Crippen LogP contribution >= 0.6 is 0 Å². The largest absolute Gasteiger partial charge is 0.459 e. The first-order valence-electron chi connectivity index (χ1n) is 4.91. The number of likely N-dealkylation sites (tertiary alicyclic amines) is 1. The number of nitrogens with zero attached hydrogens (tertiary/aromatic N) is 1. The molecule has 0 radical (unpaired) electrons. The molecular weight excluding hydrogens is 212 g/mol. The van der Waals surface area contributed by atoms with Crippen LogP contribution in [-0.4, -0.2) is 40.5 Å². The van der Waals surface area contributed by atoms with Crippen molar-refractivity contribution in [2.45, 2.75) is 18.6 Å². The Morgan fingerprint density at radius 3 is 2.88 bits per heavy atom. The van der Waals surface area contributed by atoms with E-state index in [0.29, 0.717) is 0 Å². The summed E-state index contributed by atoms with van der Waals surface area (Å²) in [5.74, 6) is -0.901. The number of aliphatic hydroxyl groups is 1. The van der Waals surface area contributed by atoms with Gasteiger partial charge in [-0.25, -0.2) is 0 Å². The van der Waals surface area contributed by atoms with Gasteiger partial charge in [0.1, 0.15) is 6.04 Å². The van der Waals surface area contributed by atoms with Crippen LogP contribution in [0, 0.1) is 0 Å². The predicted octanol–water partition coefficient (Wildman–Crippen LogP) is -0.660. The molecule has 2 heterocycles. The number of hydrogen-bond acceptors (Lipinski definition) is 4. The number of carbonyl (C=O) groups is 2. The van der Waals surface area contributed by atoms with E-state index in [-0.39, 0.29) is 18.7 Å². The van der Waals surface area contributed by atoms with Crippen LogP contribution in [-0.2, 0) is 4.79 Å². The normalized spacial score (nSPS) is 24.7. The zero-order chi connectivity index (χ0) is 11.7. The molecule has 6 nitrogen and oxygen atoms in total. The van der Waals surface area contributed by atoms with Crippen molar-refractivity contribution in [1.29, 1.82) is 0 Å². The summed E-state index contributed by atoms with van der Waals surface area (Å²) in [6.07, 6.45) is 0.845. The van der Waals surface area contributed by atoms with Gasteiger partial charge in [0, 0.05) is 13.0 Å². The second kappa shape index (κ2) is 3.97. The minimum absolute atomic E-state index is 0.104. The van der Waals surface area contributed by atoms with Crippen molar-refractivity contribution in [2.75, 3.05) is 6.54 Å². The van der Waals surface area contributed by atoms with Gasteiger partial charge in [0.15, 0.2) is 5.76 Å². The first kappa shape index (κ1) is 10.7. The molecule has 16 heavy (non-hydrogen) atoms. The topological polar surface area (TPSA) is 96.8 Å². The molecule has 0 aromatic carbocycles. The fraction of sp³-hybridized carbons (Fsp3) is 0.400. The highest BCUT2D eigenvalue weighted by Gasteiger charge is 2.38. The lowest BCUT2D eigenvalue weighted by Gasteiger charge is -2.20. The number of primary amides is 1. The van der Waals surface area contributed by atoms with E-state index in [1.807, 2.05) is 0 Å². The van der Waals surface area contributed by atoms with Crippen molar-refractivity contribution < 1.29 is 19.1 Å². The second-order valence-electron chi connectivity index (χ2n) is 3.74. The molecule has 0 aliphatic carbocycles. The Morgan fingerprint density at radius 2 is 2.31 bits per heavy atom. The molecule has 1 fully saturated rings. The number of nitrogens with two attached hydrogens (primary N) is 1. The number of hydrogen-bond donors (Lipinski definition) is 2. The van der Waals surface area contributed by atoms with E-state index in [9.17, 15) is 14.7 Å². The molecule has 6 heteroatoms. The molecule has 2 amide bonds. The summed E-state index contributed by atoms with van der Waals surface area (Å²) in [4.78, 5) is 24.2. The fourth-order valence-corrected chi connectivity index (χ4v) is 1.85. The number of β-amino-alcohol motifs (C(OH)–C–C–N with tert-alkyl or cyclic N) is 1. The zero-order valence-electron chi connectivity index (χ0n) is 8.50. The fourth-order valence-electron chi connectivity index (χ4n) is 1.85. The second-order valence-corrected chi connectivity index (χ2v) is 3.74. The Balaban J connectivity index is 2.20. The standard InChI is InChI=1S/C10H12N2O4/c11-9(14)7-4-6(13)5-12(7)10(15)8-2-1-3-16-8/h1-3,6-7,13H,4-5H2,(H2,11,14). The maximum absolute atomic E-state index is 11.9. The third kappa shape index (κ3) is 1.79. The summed E-state index contributed by atoms with van der Waals surface area (Å²) in [6, 6.07) is 2.33. The Kier molecular flexibility index (Phi) is 2.66. The monoisotopic (exact) mass is 224 g/mol. The molecule has 0 bridgehead atoms. The lowest BCUT2D eigenvalue weighted by molar-refractivity contribution is -0.121. The molecule has 2 rings (SSSR count). The SMILES string of the molecule is NC(=O)C1CC(O)CN1C(=O)c1ccco1. The Bertz CT molecular complexity index is 401. The smallest absolute Gasteiger partial charge is 0.290 e. The Labute approximate surface area is 91.6 Å². The molecule has 0 saturated carbocycles. The molecule has 3 N–H and O–H groups in total. The van der Waals surface area contributed by atoms with E-state index in [2.05, 4.69) is 0 Å². The van der Waals surface area contributed by atoms with Crippen molar-refractivity contribution in [2.24, 2.45) is 5.73 Å². The van der Waals surface area contributed by atoms with E-state index in [1.165, 1.54) is 17.2 Å². The molecule has 86 valence electrons. The number of carbonyl (C=O) groups excluding carboxylic acids is 2.